The van der Waals surface area contributed by atoms with Crippen molar-refractivity contribution in [3.8, 4) is 12.1 Å². The maximum Gasteiger partial charge on any atom is 0.414 e. The summed E-state index contributed by atoms with van der Waals surface area (Å²) in [4.78, 5) is 18.2. The Labute approximate surface area is 129 Å². The quantitative estimate of drug-likeness (QED) is 0.472. The first kappa shape index (κ1) is 19.8. The molecule has 8 heteroatoms. The second-order valence-corrected chi connectivity index (χ2v) is 4.87. The van der Waals surface area contributed by atoms with Crippen LogP contribution in [0.2, 0.25) is 0 Å². The molecule has 0 spiro atoms. The second kappa shape index (κ2) is 12.6. The summed E-state index contributed by atoms with van der Waals surface area (Å²) < 4.78 is 0. The molecule has 0 radical (unpaired) electrons. The van der Waals surface area contributed by atoms with Crippen LogP contribution in [0.5, 0.6) is 0 Å². The van der Waals surface area contributed by atoms with Crippen molar-refractivity contribution in [1.29, 1.82) is 10.5 Å². The van der Waals surface area contributed by atoms with Crippen molar-refractivity contribution in [2.24, 2.45) is 0 Å². The zero-order valence-corrected chi connectivity index (χ0v) is 12.4. The lowest BCUT2D eigenvalue weighted by Gasteiger charge is -2.15. The first-order valence-electron chi connectivity index (χ1n) is 7.23. The summed E-state index contributed by atoms with van der Waals surface area (Å²) in [7, 11) is 0. The summed E-state index contributed by atoms with van der Waals surface area (Å²) >= 11 is 0. The van der Waals surface area contributed by atoms with Gasteiger partial charge in [0.25, 0.3) is 0 Å². The largest absolute Gasteiger partial charge is 0.473 e. The Bertz CT molecular complexity index is 376. The highest BCUT2D eigenvalue weighted by molar-refractivity contribution is 6.27. The molecular weight excluding hydrogens is 288 g/mol. The van der Waals surface area contributed by atoms with Crippen LogP contribution in [0.25, 0.3) is 0 Å². The third-order valence-corrected chi connectivity index (χ3v) is 3.12. The van der Waals surface area contributed by atoms with Crippen molar-refractivity contribution in [2.45, 2.75) is 50.6 Å². The number of carboxylic acids is 2. The minimum absolute atomic E-state index is 0.142. The van der Waals surface area contributed by atoms with E-state index < -0.39 is 11.9 Å². The van der Waals surface area contributed by atoms with E-state index in [-0.39, 0.29) is 12.1 Å². The lowest BCUT2D eigenvalue weighted by molar-refractivity contribution is -0.159. The third-order valence-electron chi connectivity index (χ3n) is 3.12. The lowest BCUT2D eigenvalue weighted by atomic mass is 10.1. The van der Waals surface area contributed by atoms with Crippen LogP contribution in [0.3, 0.4) is 0 Å². The van der Waals surface area contributed by atoms with E-state index in [1.165, 1.54) is 25.7 Å². The van der Waals surface area contributed by atoms with E-state index in [4.69, 9.17) is 30.3 Å². The van der Waals surface area contributed by atoms with Crippen LogP contribution in [0, 0.1) is 22.7 Å². The Morgan fingerprint density at radius 1 is 0.818 bits per heavy atom. The molecule has 0 aliphatic carbocycles. The molecule has 2 fully saturated rings. The first-order valence-corrected chi connectivity index (χ1v) is 7.23. The van der Waals surface area contributed by atoms with Gasteiger partial charge < -0.3 is 20.8 Å². The highest BCUT2D eigenvalue weighted by Gasteiger charge is 2.10. The fourth-order valence-electron chi connectivity index (χ4n) is 1.92. The van der Waals surface area contributed by atoms with Crippen molar-refractivity contribution < 1.29 is 19.8 Å². The summed E-state index contributed by atoms with van der Waals surface area (Å²) in [6.07, 6.45) is 6.97. The smallest absolute Gasteiger partial charge is 0.414 e. The molecule has 2 rings (SSSR count). The number of nitrogens with one attached hydrogen (secondary N) is 2. The van der Waals surface area contributed by atoms with Gasteiger partial charge in [-0.2, -0.15) is 10.5 Å². The monoisotopic (exact) mass is 310 g/mol. The molecule has 2 atom stereocenters. The molecular formula is C14H22N4O4. The van der Waals surface area contributed by atoms with Gasteiger partial charge >= 0.3 is 11.9 Å². The van der Waals surface area contributed by atoms with E-state index in [2.05, 4.69) is 22.8 Å². The summed E-state index contributed by atoms with van der Waals surface area (Å²) in [6, 6.07) is 4.67. The van der Waals surface area contributed by atoms with Gasteiger partial charge in [0, 0.05) is 0 Å². The van der Waals surface area contributed by atoms with Crippen LogP contribution >= 0.6 is 0 Å². The standard InChI is InChI=1S/2C6H10N2.C2H2O4/c2*7-5-6-3-1-2-4-8-6;3-1(4)2(5)6/h2*6,8H,1-4H2;(H,3,4)(H,5,6)/t2*6-;/m00./s1. The summed E-state index contributed by atoms with van der Waals surface area (Å²) in [5.74, 6) is -3.65. The molecule has 2 saturated heterocycles. The van der Waals surface area contributed by atoms with Gasteiger partial charge in [0.1, 0.15) is 0 Å². The number of nitriles is 2. The minimum Gasteiger partial charge on any atom is -0.473 e. The number of rotatable bonds is 0. The van der Waals surface area contributed by atoms with Crippen LogP contribution in [-0.4, -0.2) is 47.3 Å². The van der Waals surface area contributed by atoms with Gasteiger partial charge in [-0.3, -0.25) is 0 Å². The number of hydrogen-bond donors (Lipinski definition) is 4. The first-order chi connectivity index (χ1) is 10.5. The maximum absolute atomic E-state index is 9.10. The van der Waals surface area contributed by atoms with Crippen LogP contribution in [0.4, 0.5) is 0 Å². The molecule has 0 aromatic rings. The van der Waals surface area contributed by atoms with E-state index in [1.807, 2.05) is 0 Å². The molecule has 0 unspecified atom stereocenters. The van der Waals surface area contributed by atoms with Gasteiger partial charge in [-0.1, -0.05) is 0 Å². The molecule has 0 saturated carbocycles. The van der Waals surface area contributed by atoms with E-state index >= 15 is 0 Å². The Balaban J connectivity index is 0.000000306. The molecule has 0 aromatic heterocycles. The highest BCUT2D eigenvalue weighted by Crippen LogP contribution is 2.05. The van der Waals surface area contributed by atoms with E-state index in [9.17, 15) is 0 Å². The number of aliphatic carboxylic acids is 2. The number of hydrogen-bond acceptors (Lipinski definition) is 6. The van der Waals surface area contributed by atoms with Gasteiger partial charge in [-0.15, -0.1) is 0 Å². The van der Waals surface area contributed by atoms with Crippen LogP contribution in [-0.2, 0) is 9.59 Å². The van der Waals surface area contributed by atoms with Crippen molar-refractivity contribution in [3.63, 3.8) is 0 Å². The fourth-order valence-corrected chi connectivity index (χ4v) is 1.92. The molecule has 0 bridgehead atoms. The van der Waals surface area contributed by atoms with Crippen molar-refractivity contribution in [3.05, 3.63) is 0 Å². The molecule has 8 nitrogen and oxygen atoms in total. The average molecular weight is 310 g/mol. The third kappa shape index (κ3) is 10.6. The minimum atomic E-state index is -1.82. The van der Waals surface area contributed by atoms with Gasteiger partial charge in [-0.25, -0.2) is 9.59 Å². The Kier molecular flexibility index (Phi) is 11.3. The Morgan fingerprint density at radius 3 is 1.32 bits per heavy atom. The maximum atomic E-state index is 9.10. The Hall–Kier alpha value is -2.16. The summed E-state index contributed by atoms with van der Waals surface area (Å²) in [5.41, 5.74) is 0. The second-order valence-electron chi connectivity index (χ2n) is 4.87. The number of carboxylic acid groups (broad SMARTS) is 2. The zero-order valence-electron chi connectivity index (χ0n) is 12.4. The molecule has 2 aliphatic rings. The van der Waals surface area contributed by atoms with Crippen molar-refractivity contribution in [1.82, 2.24) is 10.6 Å². The Morgan fingerprint density at radius 2 is 1.18 bits per heavy atom. The SMILES string of the molecule is N#C[C@@H]1CCCCN1.N#C[C@@H]1CCCCN1.O=C(O)C(=O)O. The topological polar surface area (TPSA) is 146 Å². The molecule has 122 valence electrons. The highest BCUT2D eigenvalue weighted by atomic mass is 16.4. The molecule has 0 amide bonds. The molecule has 4 N–H and O–H groups in total. The lowest BCUT2D eigenvalue weighted by Crippen LogP contribution is -2.32. The van der Waals surface area contributed by atoms with Crippen molar-refractivity contribution >= 4 is 11.9 Å². The zero-order chi connectivity index (χ0) is 16.8. The molecule has 2 aliphatic heterocycles. The number of carbonyl (C=O) groups is 2. The molecule has 2 heterocycles. The number of nitrogens with zero attached hydrogens (tertiary/aromatic N) is 2. The molecule has 22 heavy (non-hydrogen) atoms. The van der Waals surface area contributed by atoms with Crippen LogP contribution in [0.15, 0.2) is 0 Å². The van der Waals surface area contributed by atoms with E-state index in [1.54, 1.807) is 0 Å². The van der Waals surface area contributed by atoms with Gasteiger partial charge in [0.2, 0.25) is 0 Å². The van der Waals surface area contributed by atoms with E-state index in [0.29, 0.717) is 0 Å². The van der Waals surface area contributed by atoms with Crippen molar-refractivity contribution in [2.75, 3.05) is 13.1 Å². The summed E-state index contributed by atoms with van der Waals surface area (Å²) in [6.45, 7) is 2.05. The van der Waals surface area contributed by atoms with Gasteiger partial charge in [-0.05, 0) is 51.6 Å². The fraction of sp³-hybridized carbons (Fsp3) is 0.714. The van der Waals surface area contributed by atoms with Gasteiger partial charge in [0.15, 0.2) is 0 Å². The van der Waals surface area contributed by atoms with Gasteiger partial charge in [0.05, 0.1) is 24.2 Å². The average Bonchev–Trinajstić information content (AvgIpc) is 2.57. The number of piperidine rings is 2. The van der Waals surface area contributed by atoms with Crippen LogP contribution < -0.4 is 10.6 Å². The van der Waals surface area contributed by atoms with E-state index in [0.717, 1.165) is 25.9 Å². The predicted molar refractivity (Wildman–Crippen MR) is 77.8 cm³/mol. The summed E-state index contributed by atoms with van der Waals surface area (Å²) in [5, 5.41) is 37.8. The molecule has 0 aromatic carbocycles. The van der Waals surface area contributed by atoms with Crippen LogP contribution in [0.1, 0.15) is 38.5 Å². The predicted octanol–water partition coefficient (Wildman–Crippen LogP) is 0.460. The normalized spacial score (nSPS) is 23.2.